The summed E-state index contributed by atoms with van der Waals surface area (Å²) in [5, 5.41) is 10.2. The topological polar surface area (TPSA) is 119 Å². The number of carbonyl (C=O) groups is 2. The molecule has 41 heavy (non-hydrogen) atoms. The van der Waals surface area contributed by atoms with Crippen molar-refractivity contribution in [2.75, 3.05) is 20.0 Å². The van der Waals surface area contributed by atoms with Gasteiger partial charge in [0, 0.05) is 6.61 Å². The molecule has 1 aromatic rings. The number of esters is 1. The Hall–Kier alpha value is -2.24. The van der Waals surface area contributed by atoms with Gasteiger partial charge in [-0.25, -0.2) is 4.79 Å². The van der Waals surface area contributed by atoms with Crippen LogP contribution in [-0.2, 0) is 44.6 Å². The van der Waals surface area contributed by atoms with Crippen molar-refractivity contribution in [1.29, 1.82) is 0 Å². The Bertz CT molecular complexity index is 869. The van der Waals surface area contributed by atoms with E-state index in [0.29, 0.717) is 6.61 Å². The SMILES string of the molecule is CCCCCCCCO[C@@H]1O[C@H](CO)[C@@H](OC(=O)C(C)C)[C@H](OCOCc2ccccc2)[C@H]1OC(=O)OC(C)(C)C. The average molecular weight is 583 g/mol. The fraction of sp³-hybridized carbons (Fsp3) is 0.742. The molecule has 10 nitrogen and oxygen atoms in total. The molecule has 0 amide bonds. The quantitative estimate of drug-likeness (QED) is 0.143. The molecule has 0 radical (unpaired) electrons. The number of aliphatic hydroxyl groups excluding tert-OH is 1. The molecule has 5 atom stereocenters. The van der Waals surface area contributed by atoms with Gasteiger partial charge in [0.25, 0.3) is 0 Å². The molecule has 2 rings (SSSR count). The highest BCUT2D eigenvalue weighted by atomic mass is 16.8. The Morgan fingerprint density at radius 1 is 0.927 bits per heavy atom. The molecular formula is C31H50O10. The minimum absolute atomic E-state index is 0.203. The van der Waals surface area contributed by atoms with Gasteiger partial charge in [0.15, 0.2) is 18.5 Å². The molecule has 0 unspecified atom stereocenters. The van der Waals surface area contributed by atoms with Crippen molar-refractivity contribution in [3.63, 3.8) is 0 Å². The van der Waals surface area contributed by atoms with E-state index in [0.717, 1.165) is 37.7 Å². The van der Waals surface area contributed by atoms with Crippen LogP contribution in [-0.4, -0.2) is 73.5 Å². The molecule has 1 aliphatic rings. The van der Waals surface area contributed by atoms with Crippen LogP contribution in [0.4, 0.5) is 4.79 Å². The minimum atomic E-state index is -1.17. The lowest BCUT2D eigenvalue weighted by molar-refractivity contribution is -0.319. The van der Waals surface area contributed by atoms with Crippen LogP contribution in [0.2, 0.25) is 0 Å². The van der Waals surface area contributed by atoms with Crippen molar-refractivity contribution in [1.82, 2.24) is 0 Å². The maximum absolute atomic E-state index is 12.8. The Balaban J connectivity index is 2.23. The van der Waals surface area contributed by atoms with Crippen LogP contribution >= 0.6 is 0 Å². The molecule has 0 spiro atoms. The van der Waals surface area contributed by atoms with Crippen molar-refractivity contribution in [3.8, 4) is 0 Å². The fourth-order valence-electron chi connectivity index (χ4n) is 4.21. The summed E-state index contributed by atoms with van der Waals surface area (Å²) in [6.45, 7) is 10.7. The van der Waals surface area contributed by atoms with E-state index in [2.05, 4.69) is 6.92 Å². The highest BCUT2D eigenvalue weighted by molar-refractivity contribution is 5.71. The van der Waals surface area contributed by atoms with Crippen LogP contribution in [0.25, 0.3) is 0 Å². The van der Waals surface area contributed by atoms with E-state index in [9.17, 15) is 14.7 Å². The van der Waals surface area contributed by atoms with E-state index in [1.165, 1.54) is 6.42 Å². The molecule has 1 N–H and O–H groups in total. The van der Waals surface area contributed by atoms with Gasteiger partial charge < -0.3 is 38.3 Å². The standard InChI is InChI=1S/C31H50O10/c1-7-8-9-10-11-15-18-36-29-27(40-30(34)41-31(4,5)6)26(37-21-35-20-23-16-13-12-14-17-23)25(24(19-32)38-29)39-28(33)22(2)3/h12-14,16-17,22,24-27,29,32H,7-11,15,18-21H2,1-6H3/t24-,25-,26+,27-,29-/m1/s1. The van der Waals surface area contributed by atoms with Crippen molar-refractivity contribution in [3.05, 3.63) is 35.9 Å². The number of unbranched alkanes of at least 4 members (excludes halogenated alkanes) is 5. The first-order valence-corrected chi connectivity index (χ1v) is 14.8. The third kappa shape index (κ3) is 13.1. The first-order chi connectivity index (χ1) is 19.6. The Labute approximate surface area is 244 Å². The van der Waals surface area contributed by atoms with E-state index in [1.54, 1.807) is 34.6 Å². The lowest BCUT2D eigenvalue weighted by atomic mass is 9.98. The number of aliphatic hydroxyl groups is 1. The Kier molecular flexibility index (Phi) is 15.6. The lowest BCUT2D eigenvalue weighted by Gasteiger charge is -2.44. The Morgan fingerprint density at radius 3 is 2.24 bits per heavy atom. The van der Waals surface area contributed by atoms with Crippen LogP contribution in [0.1, 0.15) is 85.6 Å². The number of rotatable bonds is 17. The second kappa shape index (κ2) is 18.3. The van der Waals surface area contributed by atoms with Gasteiger partial charge in [-0.1, -0.05) is 83.2 Å². The van der Waals surface area contributed by atoms with Gasteiger partial charge in [-0.2, -0.15) is 0 Å². The zero-order chi connectivity index (χ0) is 30.3. The maximum atomic E-state index is 12.8. The predicted molar refractivity (Wildman–Crippen MR) is 152 cm³/mol. The summed E-state index contributed by atoms with van der Waals surface area (Å²) in [5.41, 5.74) is 0.133. The van der Waals surface area contributed by atoms with Gasteiger partial charge in [-0.15, -0.1) is 0 Å². The van der Waals surface area contributed by atoms with Crippen molar-refractivity contribution >= 4 is 12.1 Å². The highest BCUT2D eigenvalue weighted by Gasteiger charge is 2.52. The zero-order valence-corrected chi connectivity index (χ0v) is 25.5. The first-order valence-electron chi connectivity index (χ1n) is 14.8. The van der Waals surface area contributed by atoms with E-state index < -0.39 is 61.0 Å². The van der Waals surface area contributed by atoms with E-state index in [4.69, 9.17) is 33.2 Å². The van der Waals surface area contributed by atoms with E-state index in [1.807, 2.05) is 30.3 Å². The minimum Gasteiger partial charge on any atom is -0.456 e. The second-order valence-electron chi connectivity index (χ2n) is 11.6. The van der Waals surface area contributed by atoms with Crippen molar-refractivity contribution in [2.24, 2.45) is 5.92 Å². The van der Waals surface area contributed by atoms with Gasteiger partial charge in [-0.3, -0.25) is 4.79 Å². The zero-order valence-electron chi connectivity index (χ0n) is 25.5. The summed E-state index contributed by atoms with van der Waals surface area (Å²) in [5.74, 6) is -0.963. The van der Waals surface area contributed by atoms with Gasteiger partial charge >= 0.3 is 12.1 Å². The van der Waals surface area contributed by atoms with Crippen LogP contribution < -0.4 is 0 Å². The van der Waals surface area contributed by atoms with Crippen LogP contribution in [0.15, 0.2) is 30.3 Å². The monoisotopic (exact) mass is 582 g/mol. The van der Waals surface area contributed by atoms with Gasteiger partial charge in [0.2, 0.25) is 0 Å². The summed E-state index contributed by atoms with van der Waals surface area (Å²) in [7, 11) is 0. The predicted octanol–water partition coefficient (Wildman–Crippen LogP) is 5.53. The van der Waals surface area contributed by atoms with Crippen LogP contribution in [0.3, 0.4) is 0 Å². The molecule has 0 saturated carbocycles. The second-order valence-corrected chi connectivity index (χ2v) is 11.6. The number of benzene rings is 1. The molecule has 0 bridgehead atoms. The van der Waals surface area contributed by atoms with Crippen molar-refractivity contribution in [2.45, 2.75) is 123 Å². The Morgan fingerprint density at radius 2 is 1.61 bits per heavy atom. The molecule has 1 aromatic carbocycles. The summed E-state index contributed by atoms with van der Waals surface area (Å²) in [6, 6.07) is 9.56. The smallest absolute Gasteiger partial charge is 0.456 e. The number of hydrogen-bond donors (Lipinski definition) is 1. The molecule has 234 valence electrons. The van der Waals surface area contributed by atoms with Crippen LogP contribution in [0, 0.1) is 5.92 Å². The summed E-state index contributed by atoms with van der Waals surface area (Å²) >= 11 is 0. The van der Waals surface area contributed by atoms with Gasteiger partial charge in [0.1, 0.15) is 24.6 Å². The third-order valence-electron chi connectivity index (χ3n) is 6.35. The van der Waals surface area contributed by atoms with Crippen LogP contribution in [0.5, 0.6) is 0 Å². The van der Waals surface area contributed by atoms with Gasteiger partial charge in [-0.05, 0) is 32.8 Å². The largest absolute Gasteiger partial charge is 0.509 e. The maximum Gasteiger partial charge on any atom is 0.509 e. The molecule has 1 heterocycles. The molecule has 1 fully saturated rings. The summed E-state index contributed by atoms with van der Waals surface area (Å²) < 4.78 is 40.7. The summed E-state index contributed by atoms with van der Waals surface area (Å²) in [6.07, 6.45) is 0.0152. The van der Waals surface area contributed by atoms with Gasteiger partial charge in [0.05, 0.1) is 19.1 Å². The average Bonchev–Trinajstić information content (AvgIpc) is 2.91. The number of hydrogen-bond acceptors (Lipinski definition) is 10. The molecule has 0 aliphatic carbocycles. The normalized spacial score (nSPS) is 22.9. The molecule has 10 heteroatoms. The van der Waals surface area contributed by atoms with Crippen molar-refractivity contribution < 1.29 is 47.9 Å². The third-order valence-corrected chi connectivity index (χ3v) is 6.35. The molecular weight excluding hydrogens is 532 g/mol. The van der Waals surface area contributed by atoms with E-state index >= 15 is 0 Å². The lowest BCUT2D eigenvalue weighted by Crippen LogP contribution is -2.63. The number of carbonyl (C=O) groups excluding carboxylic acids is 2. The van der Waals surface area contributed by atoms with E-state index in [-0.39, 0.29) is 13.4 Å². The first kappa shape index (κ1) is 35.0. The molecule has 1 aliphatic heterocycles. The number of ether oxygens (including phenoxy) is 7. The summed E-state index contributed by atoms with van der Waals surface area (Å²) in [4.78, 5) is 25.4. The molecule has 0 aromatic heterocycles. The highest BCUT2D eigenvalue weighted by Crippen LogP contribution is 2.30. The molecule has 1 saturated heterocycles. The fourth-order valence-corrected chi connectivity index (χ4v) is 4.21.